The first kappa shape index (κ1) is 39.9. The maximum atomic E-state index is 13.9. The average molecular weight is 771 g/mol. The number of nitrogens with zero attached hydrogens (tertiary/aromatic N) is 6. The number of amides is 4. The zero-order chi connectivity index (χ0) is 40.7. The minimum atomic E-state index is -0.471. The number of benzene rings is 2. The van der Waals surface area contributed by atoms with Gasteiger partial charge in [0.2, 0.25) is 0 Å². The molecule has 0 aliphatic carbocycles. The fourth-order valence-electron chi connectivity index (χ4n) is 7.56. The predicted octanol–water partition coefficient (Wildman–Crippen LogP) is 1.46. The van der Waals surface area contributed by atoms with Crippen molar-refractivity contribution < 1.29 is 28.1 Å². The molecule has 4 aromatic rings. The quantitative estimate of drug-likeness (QED) is 0.0975. The van der Waals surface area contributed by atoms with Crippen molar-refractivity contribution >= 4 is 34.4 Å². The Bertz CT molecular complexity index is 2260. The Morgan fingerprint density at radius 3 is 1.11 bits per heavy atom. The molecule has 0 bridgehead atoms. The number of carbonyl (C=O) groups is 4. The minimum absolute atomic E-state index is 0.165. The van der Waals surface area contributed by atoms with Crippen LogP contribution in [0.2, 0.25) is 0 Å². The molecule has 2 aliphatic heterocycles. The van der Waals surface area contributed by atoms with E-state index in [0.29, 0.717) is 69.9 Å². The molecule has 0 saturated carbocycles. The fourth-order valence-corrected chi connectivity index (χ4v) is 7.56. The van der Waals surface area contributed by atoms with Crippen LogP contribution in [0.3, 0.4) is 0 Å². The lowest BCUT2D eigenvalue weighted by molar-refractivity contribution is -0.889. The molecule has 2 N–H and O–H groups in total. The third kappa shape index (κ3) is 7.97. The van der Waals surface area contributed by atoms with Gasteiger partial charge >= 0.3 is 11.4 Å². The van der Waals surface area contributed by atoms with Gasteiger partial charge in [0.15, 0.2) is 0 Å². The second kappa shape index (κ2) is 15.4. The lowest BCUT2D eigenvalue weighted by Crippen LogP contribution is -2.51. The Kier molecular flexibility index (Phi) is 11.0. The molecule has 56 heavy (non-hydrogen) atoms. The van der Waals surface area contributed by atoms with Gasteiger partial charge in [-0.15, -0.1) is 0 Å². The molecule has 4 amide bonds. The first-order valence-electron chi connectivity index (χ1n) is 19.0. The van der Waals surface area contributed by atoms with Crippen molar-refractivity contribution in [2.45, 2.75) is 52.6 Å². The second-order valence-electron chi connectivity index (χ2n) is 16.3. The van der Waals surface area contributed by atoms with Crippen molar-refractivity contribution in [3.63, 3.8) is 0 Å². The molecule has 0 saturated heterocycles. The molecule has 0 unspecified atom stereocenters. The highest BCUT2D eigenvalue weighted by Gasteiger charge is 2.40. The largest absolute Gasteiger partial charge is 0.328 e. The van der Waals surface area contributed by atoms with Gasteiger partial charge in [-0.3, -0.25) is 48.5 Å². The van der Waals surface area contributed by atoms with Crippen LogP contribution in [0.1, 0.15) is 78.2 Å². The molecule has 0 spiro atoms. The third-order valence-electron chi connectivity index (χ3n) is 11.1. The van der Waals surface area contributed by atoms with Gasteiger partial charge in [-0.25, -0.2) is 9.59 Å². The van der Waals surface area contributed by atoms with E-state index in [0.717, 1.165) is 25.9 Å². The van der Waals surface area contributed by atoms with E-state index in [4.69, 9.17) is 0 Å². The van der Waals surface area contributed by atoms with Crippen LogP contribution in [0.15, 0.2) is 55.8 Å². The summed E-state index contributed by atoms with van der Waals surface area (Å²) < 4.78 is 4.02. The van der Waals surface area contributed by atoms with Crippen molar-refractivity contribution in [2.24, 2.45) is 0 Å². The van der Waals surface area contributed by atoms with E-state index < -0.39 is 46.1 Å². The Labute approximate surface area is 322 Å². The number of aryl methyl sites for hydroxylation is 4. The van der Waals surface area contributed by atoms with Crippen LogP contribution in [-0.2, 0) is 13.1 Å². The average Bonchev–Trinajstić information content (AvgIpc) is 3.13. The predicted molar refractivity (Wildman–Crippen MR) is 209 cm³/mol. The number of quaternary nitrogens is 2. The van der Waals surface area contributed by atoms with Crippen molar-refractivity contribution in [2.75, 3.05) is 67.5 Å². The standard InChI is InChI=1S/C40H48N8O8/c1-25-23-43(39(55)41-33(25)49)15-7-9-19-47(3,4)21-17-45-35(51)27-11-13-29-32-30(14-12-28(31(27)32)36(45)52)38(54)46(37(29)53)18-22-48(5,6)20-10-8-16-44-24-26(2)34(50)42-40(44)56/h11-14,23-24H,7-10,15-22H2,1-6H3/p+2. The maximum Gasteiger partial charge on any atom is 0.328 e. The van der Waals surface area contributed by atoms with E-state index in [1.165, 1.54) is 18.9 Å². The molecule has 296 valence electrons. The summed E-state index contributed by atoms with van der Waals surface area (Å²) in [6.45, 7) is 6.96. The van der Waals surface area contributed by atoms with E-state index in [1.807, 2.05) is 28.2 Å². The summed E-state index contributed by atoms with van der Waals surface area (Å²) in [4.78, 5) is 110. The van der Waals surface area contributed by atoms with E-state index in [9.17, 15) is 38.4 Å². The SMILES string of the molecule is Cc1cn(CCCC[N+](C)(C)CCN2C(=O)c3ccc4c5c(ccc(c35)C2=O)C(=O)N(CC[N+](C)(C)CCCCn2cc(C)c(=O)[nH]c2=O)C4=O)c(=O)[nH]c1=O. The van der Waals surface area contributed by atoms with Gasteiger partial charge < -0.3 is 18.1 Å². The number of likely N-dealkylation sites (N-methyl/N-ethyl adjacent to an activating group) is 2. The van der Waals surface area contributed by atoms with Crippen molar-refractivity contribution in [3.8, 4) is 0 Å². The first-order valence-corrected chi connectivity index (χ1v) is 19.0. The molecule has 2 aromatic heterocycles. The topological polar surface area (TPSA) is 184 Å². The smallest absolute Gasteiger partial charge is 0.327 e. The van der Waals surface area contributed by atoms with E-state index >= 15 is 0 Å². The monoisotopic (exact) mass is 770 g/mol. The van der Waals surface area contributed by atoms with Gasteiger partial charge in [0.05, 0.1) is 67.5 Å². The van der Waals surface area contributed by atoms with Crippen LogP contribution in [0, 0.1) is 13.8 Å². The minimum Gasteiger partial charge on any atom is -0.327 e. The van der Waals surface area contributed by atoms with Crippen LogP contribution in [0.5, 0.6) is 0 Å². The van der Waals surface area contributed by atoms with Crippen molar-refractivity contribution in [1.29, 1.82) is 0 Å². The van der Waals surface area contributed by atoms with Crippen LogP contribution in [-0.4, -0.2) is 129 Å². The van der Waals surface area contributed by atoms with Gasteiger partial charge in [-0.2, -0.15) is 0 Å². The molecule has 0 radical (unpaired) electrons. The lowest BCUT2D eigenvalue weighted by Gasteiger charge is -2.35. The zero-order valence-electron chi connectivity index (χ0n) is 32.9. The fraction of sp³-hybridized carbons (Fsp3) is 0.450. The summed E-state index contributed by atoms with van der Waals surface area (Å²) in [7, 11) is 8.05. The Hall–Kier alpha value is -5.74. The van der Waals surface area contributed by atoms with Gasteiger partial charge in [-0.1, -0.05) is 0 Å². The van der Waals surface area contributed by atoms with E-state index in [2.05, 4.69) is 9.97 Å². The Balaban J connectivity index is 1.07. The summed E-state index contributed by atoms with van der Waals surface area (Å²) in [6.07, 6.45) is 6.05. The molecular weight excluding hydrogens is 720 g/mol. The Morgan fingerprint density at radius 2 is 0.786 bits per heavy atom. The maximum absolute atomic E-state index is 13.9. The van der Waals surface area contributed by atoms with Crippen molar-refractivity contribution in [3.05, 3.63) is 112 Å². The van der Waals surface area contributed by atoms with Gasteiger partial charge in [0, 0.05) is 69.6 Å². The molecule has 6 rings (SSSR count). The number of nitrogens with one attached hydrogen (secondary N) is 2. The normalized spacial score (nSPS) is 14.4. The number of hydrogen-bond donors (Lipinski definition) is 2. The summed E-state index contributed by atoms with van der Waals surface area (Å²) in [5.74, 6) is -1.89. The number of aromatic nitrogens is 4. The van der Waals surface area contributed by atoms with Crippen LogP contribution in [0.25, 0.3) is 10.8 Å². The number of imide groups is 2. The first-order chi connectivity index (χ1) is 26.4. The molecular formula is C40H50N8O8+2. The van der Waals surface area contributed by atoms with Gasteiger partial charge in [-0.05, 0) is 63.8 Å². The number of unbranched alkanes of at least 4 members (excludes halogenated alkanes) is 2. The second-order valence-corrected chi connectivity index (χ2v) is 16.3. The van der Waals surface area contributed by atoms with Crippen LogP contribution < -0.4 is 22.5 Å². The lowest BCUT2D eigenvalue weighted by atomic mass is 9.86. The van der Waals surface area contributed by atoms with E-state index in [-0.39, 0.29) is 35.3 Å². The molecule has 0 atom stereocenters. The summed E-state index contributed by atoms with van der Waals surface area (Å²) >= 11 is 0. The summed E-state index contributed by atoms with van der Waals surface area (Å²) in [5, 5.41) is 0.670. The zero-order valence-corrected chi connectivity index (χ0v) is 32.9. The van der Waals surface area contributed by atoms with Crippen LogP contribution in [0.4, 0.5) is 0 Å². The van der Waals surface area contributed by atoms with Gasteiger partial charge in [0.25, 0.3) is 34.7 Å². The van der Waals surface area contributed by atoms with E-state index in [1.54, 1.807) is 50.5 Å². The highest BCUT2D eigenvalue weighted by molar-refractivity contribution is 6.33. The number of carbonyl (C=O) groups excluding carboxylic acids is 4. The Morgan fingerprint density at radius 1 is 0.464 bits per heavy atom. The number of rotatable bonds is 16. The molecule has 16 nitrogen and oxygen atoms in total. The highest BCUT2D eigenvalue weighted by Crippen LogP contribution is 2.38. The highest BCUT2D eigenvalue weighted by atomic mass is 16.2. The van der Waals surface area contributed by atoms with Crippen LogP contribution >= 0.6 is 0 Å². The molecule has 2 aromatic carbocycles. The molecule has 2 aliphatic rings. The molecule has 16 heteroatoms. The number of aromatic amines is 2. The molecule has 0 fully saturated rings. The summed E-state index contributed by atoms with van der Waals surface area (Å²) in [5.41, 5.74) is 0.369. The van der Waals surface area contributed by atoms with Gasteiger partial charge in [0.1, 0.15) is 0 Å². The number of hydrogen-bond acceptors (Lipinski definition) is 8. The third-order valence-corrected chi connectivity index (χ3v) is 11.1. The summed E-state index contributed by atoms with van der Waals surface area (Å²) in [6, 6.07) is 6.31. The number of H-pyrrole nitrogens is 2. The molecule has 4 heterocycles. The van der Waals surface area contributed by atoms with Crippen molar-refractivity contribution in [1.82, 2.24) is 28.9 Å².